The van der Waals surface area contributed by atoms with Gasteiger partial charge in [-0.2, -0.15) is 0 Å². The molecule has 0 saturated carbocycles. The number of allylic oxidation sites excluding steroid dienone is 1. The molecule has 0 unspecified atom stereocenters. The number of carbonyl (C=O) groups excluding carboxylic acids is 1. The monoisotopic (exact) mass is 652 g/mol. The molecule has 210 valence electrons. The number of hydrogen-bond donors (Lipinski definition) is 0. The van der Waals surface area contributed by atoms with Gasteiger partial charge in [0, 0.05) is 15.1 Å². The number of fused-ring (bicyclic) bond motifs is 1. The summed E-state index contributed by atoms with van der Waals surface area (Å²) in [6.07, 6.45) is 1.78. The van der Waals surface area contributed by atoms with Crippen LogP contribution in [0.25, 0.3) is 6.08 Å². The Hall–Kier alpha value is -3.66. The highest BCUT2D eigenvalue weighted by atomic mass is 79.9. The third kappa shape index (κ3) is 6.02. The van der Waals surface area contributed by atoms with Gasteiger partial charge in [-0.25, -0.2) is 9.79 Å². The van der Waals surface area contributed by atoms with Gasteiger partial charge in [0.2, 0.25) is 0 Å². The maximum atomic E-state index is 13.8. The number of aromatic nitrogens is 1. The van der Waals surface area contributed by atoms with Crippen LogP contribution in [0, 0.1) is 0 Å². The van der Waals surface area contributed by atoms with Crippen molar-refractivity contribution in [1.82, 2.24) is 4.57 Å². The lowest BCUT2D eigenvalue weighted by Crippen LogP contribution is -2.39. The van der Waals surface area contributed by atoms with Crippen molar-refractivity contribution >= 4 is 50.9 Å². The Labute approximate surface area is 254 Å². The number of methoxy groups -OCH3 is 1. The zero-order valence-electron chi connectivity index (χ0n) is 22.5. The van der Waals surface area contributed by atoms with E-state index in [0.29, 0.717) is 37.1 Å². The number of benzene rings is 3. The molecule has 1 atom stereocenters. The number of esters is 1. The molecule has 2 heterocycles. The van der Waals surface area contributed by atoms with Gasteiger partial charge in [-0.1, -0.05) is 75.3 Å². The molecular weight excluding hydrogens is 628 g/mol. The molecular formula is C31H26BrClN2O5S. The van der Waals surface area contributed by atoms with E-state index in [1.54, 1.807) is 37.7 Å². The summed E-state index contributed by atoms with van der Waals surface area (Å²) in [6.45, 7) is 4.01. The molecule has 0 aliphatic carbocycles. The van der Waals surface area contributed by atoms with E-state index in [1.807, 2.05) is 60.7 Å². The Morgan fingerprint density at radius 2 is 1.88 bits per heavy atom. The van der Waals surface area contributed by atoms with E-state index in [0.717, 1.165) is 21.2 Å². The van der Waals surface area contributed by atoms with Crippen molar-refractivity contribution in [2.45, 2.75) is 26.5 Å². The quantitative estimate of drug-likeness (QED) is 0.225. The van der Waals surface area contributed by atoms with E-state index in [2.05, 4.69) is 20.9 Å². The lowest BCUT2D eigenvalue weighted by atomic mass is 9.96. The second-order valence-corrected chi connectivity index (χ2v) is 11.5. The van der Waals surface area contributed by atoms with Gasteiger partial charge >= 0.3 is 5.97 Å². The summed E-state index contributed by atoms with van der Waals surface area (Å²) in [5, 5.41) is 0.626. The summed E-state index contributed by atoms with van der Waals surface area (Å²) in [6, 6.07) is 19.8. The van der Waals surface area contributed by atoms with Crippen LogP contribution in [0.3, 0.4) is 0 Å². The summed E-state index contributed by atoms with van der Waals surface area (Å²) in [5.74, 6) is 0.579. The Bertz CT molecular complexity index is 1830. The van der Waals surface area contributed by atoms with Crippen LogP contribution in [-0.2, 0) is 16.1 Å². The van der Waals surface area contributed by atoms with Crippen LogP contribution in [0.4, 0.5) is 0 Å². The third-order valence-electron chi connectivity index (χ3n) is 6.53. The zero-order valence-corrected chi connectivity index (χ0v) is 25.7. The number of thiazole rings is 1. The molecule has 0 amide bonds. The number of nitrogens with zero attached hydrogens (tertiary/aromatic N) is 2. The smallest absolute Gasteiger partial charge is 0.338 e. The first-order valence-corrected chi connectivity index (χ1v) is 14.8. The van der Waals surface area contributed by atoms with Gasteiger partial charge in [-0.3, -0.25) is 9.36 Å². The first kappa shape index (κ1) is 28.9. The topological polar surface area (TPSA) is 79.1 Å². The summed E-state index contributed by atoms with van der Waals surface area (Å²) in [4.78, 5) is 32.0. The van der Waals surface area contributed by atoms with Gasteiger partial charge in [0.15, 0.2) is 16.3 Å². The zero-order chi connectivity index (χ0) is 29.1. The van der Waals surface area contributed by atoms with E-state index in [-0.39, 0.29) is 18.8 Å². The molecule has 5 rings (SSSR count). The van der Waals surface area contributed by atoms with E-state index in [9.17, 15) is 9.59 Å². The predicted octanol–water partition coefficient (Wildman–Crippen LogP) is 5.80. The van der Waals surface area contributed by atoms with Gasteiger partial charge in [0.25, 0.3) is 5.56 Å². The van der Waals surface area contributed by atoms with Crippen molar-refractivity contribution < 1.29 is 19.0 Å². The highest BCUT2D eigenvalue weighted by molar-refractivity contribution is 9.10. The molecule has 1 aliphatic rings. The Kier molecular flexibility index (Phi) is 8.77. The van der Waals surface area contributed by atoms with Crippen LogP contribution < -0.4 is 24.4 Å². The van der Waals surface area contributed by atoms with Gasteiger partial charge in [0.1, 0.15) is 6.61 Å². The van der Waals surface area contributed by atoms with E-state index < -0.39 is 12.0 Å². The summed E-state index contributed by atoms with van der Waals surface area (Å²) >= 11 is 11.0. The minimum Gasteiger partial charge on any atom is -0.493 e. The Balaban J connectivity index is 1.54. The molecule has 0 saturated heterocycles. The molecule has 0 fully saturated rings. The van der Waals surface area contributed by atoms with Crippen LogP contribution in [0.15, 0.2) is 92.3 Å². The summed E-state index contributed by atoms with van der Waals surface area (Å²) < 4.78 is 19.8. The van der Waals surface area contributed by atoms with Crippen LogP contribution in [-0.4, -0.2) is 24.3 Å². The lowest BCUT2D eigenvalue weighted by molar-refractivity contribution is -0.139. The fourth-order valence-corrected chi connectivity index (χ4v) is 6.07. The molecule has 10 heteroatoms. The molecule has 7 nitrogen and oxygen atoms in total. The second kappa shape index (κ2) is 12.5. The minimum atomic E-state index is -0.671. The highest BCUT2D eigenvalue weighted by Crippen LogP contribution is 2.32. The Morgan fingerprint density at radius 3 is 2.59 bits per heavy atom. The standard InChI is InChI=1S/C31H26BrClN2O5S/c1-4-39-30(37)27-18(2)34-31-35(28(27)20-10-12-22(32)13-11-20)29(36)26(41-31)16-19-9-14-24(25(15-19)38-3)40-17-21-7-5-6-8-23(21)33/h5-16,28H,4,17H2,1-3H3/b26-16-/t28-/m1/s1. The average Bonchev–Trinajstić information content (AvgIpc) is 3.26. The van der Waals surface area contributed by atoms with Crippen LogP contribution >= 0.6 is 38.9 Å². The van der Waals surface area contributed by atoms with Crippen LogP contribution in [0.2, 0.25) is 5.02 Å². The molecule has 1 aromatic heterocycles. The normalized spacial score (nSPS) is 14.9. The summed E-state index contributed by atoms with van der Waals surface area (Å²) in [5.41, 5.74) is 2.99. The average molecular weight is 654 g/mol. The molecule has 4 aromatic rings. The first-order chi connectivity index (χ1) is 19.8. The minimum absolute atomic E-state index is 0.215. The number of carbonyl (C=O) groups is 1. The molecule has 0 radical (unpaired) electrons. The van der Waals surface area contributed by atoms with Gasteiger partial charge in [-0.15, -0.1) is 0 Å². The first-order valence-electron chi connectivity index (χ1n) is 12.8. The van der Waals surface area contributed by atoms with Crippen molar-refractivity contribution in [3.8, 4) is 11.5 Å². The number of rotatable bonds is 8. The fraction of sp³-hybridized carbons (Fsp3) is 0.194. The number of hydrogen-bond acceptors (Lipinski definition) is 7. The second-order valence-electron chi connectivity index (χ2n) is 9.14. The molecule has 0 bridgehead atoms. The largest absolute Gasteiger partial charge is 0.493 e. The van der Waals surface area contributed by atoms with Crippen molar-refractivity contribution in [2.75, 3.05) is 13.7 Å². The third-order valence-corrected chi connectivity index (χ3v) is 8.41. The SMILES string of the molecule is CCOC(=O)C1=C(C)N=c2s/c(=C\c3ccc(OCc4ccccc4Cl)c(OC)c3)c(=O)n2[C@@H]1c1ccc(Br)cc1. The van der Waals surface area contributed by atoms with Crippen molar-refractivity contribution in [3.05, 3.63) is 124 Å². The predicted molar refractivity (Wildman–Crippen MR) is 163 cm³/mol. The lowest BCUT2D eigenvalue weighted by Gasteiger charge is -2.24. The van der Waals surface area contributed by atoms with E-state index in [4.69, 9.17) is 25.8 Å². The molecule has 0 N–H and O–H groups in total. The fourth-order valence-electron chi connectivity index (χ4n) is 4.57. The van der Waals surface area contributed by atoms with Crippen LogP contribution in [0.5, 0.6) is 11.5 Å². The maximum absolute atomic E-state index is 13.8. The van der Waals surface area contributed by atoms with Crippen molar-refractivity contribution in [3.63, 3.8) is 0 Å². The van der Waals surface area contributed by atoms with Gasteiger partial charge < -0.3 is 14.2 Å². The van der Waals surface area contributed by atoms with E-state index >= 15 is 0 Å². The van der Waals surface area contributed by atoms with E-state index in [1.165, 1.54) is 11.3 Å². The van der Waals surface area contributed by atoms with Crippen LogP contribution in [0.1, 0.15) is 36.6 Å². The van der Waals surface area contributed by atoms with Gasteiger partial charge in [0.05, 0.1) is 35.6 Å². The number of ether oxygens (including phenoxy) is 3. The highest BCUT2D eigenvalue weighted by Gasteiger charge is 2.33. The maximum Gasteiger partial charge on any atom is 0.338 e. The number of halogens is 2. The molecule has 1 aliphatic heterocycles. The summed E-state index contributed by atoms with van der Waals surface area (Å²) in [7, 11) is 1.56. The molecule has 0 spiro atoms. The molecule has 41 heavy (non-hydrogen) atoms. The molecule has 3 aromatic carbocycles. The van der Waals surface area contributed by atoms with Gasteiger partial charge in [-0.05, 0) is 61.4 Å². The van der Waals surface area contributed by atoms with Crippen molar-refractivity contribution in [2.24, 2.45) is 4.99 Å². The van der Waals surface area contributed by atoms with Crippen molar-refractivity contribution in [1.29, 1.82) is 0 Å². The Morgan fingerprint density at radius 1 is 1.12 bits per heavy atom.